The van der Waals surface area contributed by atoms with Gasteiger partial charge in [-0.05, 0) is 13.3 Å². The number of hydrogen-bond donors (Lipinski definition) is 2. The topological polar surface area (TPSA) is 63.3 Å². The Kier molecular flexibility index (Phi) is 10.2. The Hall–Kier alpha value is -0.570. The van der Waals surface area contributed by atoms with Gasteiger partial charge in [0.25, 0.3) is 5.97 Å². The molecule has 0 amide bonds. The first-order chi connectivity index (χ1) is 4.50. The van der Waals surface area contributed by atoms with Gasteiger partial charge in [-0.15, -0.1) is 0 Å². The fourth-order valence-corrected chi connectivity index (χ4v) is 0.455. The van der Waals surface area contributed by atoms with Gasteiger partial charge in [0.15, 0.2) is 0 Å². The van der Waals surface area contributed by atoms with Crippen molar-refractivity contribution in [3.63, 3.8) is 0 Å². The van der Waals surface area contributed by atoms with E-state index in [0.717, 1.165) is 13.3 Å². The maximum atomic E-state index is 9.00. The molecule has 3 N–H and O–H groups in total. The van der Waals surface area contributed by atoms with Crippen LogP contribution < -0.4 is 5.73 Å². The molecule has 0 radical (unpaired) electrons. The van der Waals surface area contributed by atoms with Crippen molar-refractivity contribution in [2.24, 2.45) is 5.73 Å². The molecule has 0 spiro atoms. The standard InChI is InChI=1S/C5H13N.C2H4O2/c1-3-4-5(2)6;1-2(3)4/h5H,3-4,6H2,1-2H3;1H3,(H,3,4). The Bertz CT molecular complexity index is 77.7. The summed E-state index contributed by atoms with van der Waals surface area (Å²) in [5.41, 5.74) is 5.40. The van der Waals surface area contributed by atoms with E-state index in [2.05, 4.69) is 6.92 Å². The molecule has 3 nitrogen and oxygen atoms in total. The van der Waals surface area contributed by atoms with Crippen LogP contribution in [0, 0.1) is 0 Å². The van der Waals surface area contributed by atoms with Gasteiger partial charge in [-0.25, -0.2) is 0 Å². The van der Waals surface area contributed by atoms with Crippen LogP contribution in [0.5, 0.6) is 0 Å². The third kappa shape index (κ3) is 52.0. The molecular weight excluding hydrogens is 130 g/mol. The fourth-order valence-electron chi connectivity index (χ4n) is 0.455. The number of nitrogens with two attached hydrogens (primary N) is 1. The van der Waals surface area contributed by atoms with Gasteiger partial charge in [0, 0.05) is 13.0 Å². The Morgan fingerprint density at radius 3 is 2.00 bits per heavy atom. The average molecular weight is 147 g/mol. The summed E-state index contributed by atoms with van der Waals surface area (Å²) in [6.45, 7) is 5.26. The summed E-state index contributed by atoms with van der Waals surface area (Å²) >= 11 is 0. The van der Waals surface area contributed by atoms with Crippen LogP contribution in [0.4, 0.5) is 0 Å². The van der Waals surface area contributed by atoms with Crippen molar-refractivity contribution in [1.29, 1.82) is 0 Å². The first kappa shape index (κ1) is 12.1. The number of aliphatic carboxylic acids is 1. The van der Waals surface area contributed by atoms with Gasteiger partial charge in [-0.3, -0.25) is 4.79 Å². The molecule has 0 aromatic rings. The van der Waals surface area contributed by atoms with E-state index in [9.17, 15) is 0 Å². The third-order valence-electron chi connectivity index (χ3n) is 0.744. The molecule has 62 valence electrons. The minimum Gasteiger partial charge on any atom is -0.481 e. The van der Waals surface area contributed by atoms with E-state index in [4.69, 9.17) is 15.6 Å². The molecule has 0 rings (SSSR count). The fraction of sp³-hybridized carbons (Fsp3) is 0.857. The van der Waals surface area contributed by atoms with Crippen LogP contribution in [0.3, 0.4) is 0 Å². The number of carboxylic acids is 1. The van der Waals surface area contributed by atoms with Gasteiger partial charge in [0.05, 0.1) is 0 Å². The molecule has 0 bridgehead atoms. The van der Waals surface area contributed by atoms with E-state index >= 15 is 0 Å². The van der Waals surface area contributed by atoms with Crippen molar-refractivity contribution >= 4 is 5.97 Å². The van der Waals surface area contributed by atoms with Gasteiger partial charge < -0.3 is 10.8 Å². The van der Waals surface area contributed by atoms with Crippen LogP contribution in [0.15, 0.2) is 0 Å². The summed E-state index contributed by atoms with van der Waals surface area (Å²) in [5.74, 6) is -0.833. The SMILES string of the molecule is CC(=O)O.CCCC(C)N. The van der Waals surface area contributed by atoms with Gasteiger partial charge in [-0.2, -0.15) is 0 Å². The van der Waals surface area contributed by atoms with Crippen LogP contribution in [-0.4, -0.2) is 17.1 Å². The summed E-state index contributed by atoms with van der Waals surface area (Å²) in [6, 6.07) is 0.398. The van der Waals surface area contributed by atoms with Crippen LogP contribution in [-0.2, 0) is 4.79 Å². The number of carbonyl (C=O) groups is 1. The van der Waals surface area contributed by atoms with Gasteiger partial charge >= 0.3 is 0 Å². The summed E-state index contributed by atoms with van der Waals surface area (Å²) < 4.78 is 0. The Morgan fingerprint density at radius 2 is 2.00 bits per heavy atom. The highest BCUT2D eigenvalue weighted by atomic mass is 16.4. The zero-order valence-electron chi connectivity index (χ0n) is 6.92. The molecule has 1 atom stereocenters. The predicted octanol–water partition coefficient (Wildman–Crippen LogP) is 1.22. The molecular formula is C7H17NO2. The smallest absolute Gasteiger partial charge is 0.300 e. The van der Waals surface area contributed by atoms with Crippen molar-refractivity contribution in [1.82, 2.24) is 0 Å². The lowest BCUT2D eigenvalue weighted by Gasteiger charge is -1.96. The summed E-state index contributed by atoms with van der Waals surface area (Å²) in [6.07, 6.45) is 2.36. The Morgan fingerprint density at radius 1 is 1.70 bits per heavy atom. The van der Waals surface area contributed by atoms with Crippen LogP contribution in [0.25, 0.3) is 0 Å². The molecule has 3 heteroatoms. The van der Waals surface area contributed by atoms with Gasteiger partial charge in [0.2, 0.25) is 0 Å². The highest BCUT2D eigenvalue weighted by Gasteiger charge is 1.85. The minimum absolute atomic E-state index is 0.398. The summed E-state index contributed by atoms with van der Waals surface area (Å²) in [5, 5.41) is 7.42. The molecule has 10 heavy (non-hydrogen) atoms. The van der Waals surface area contributed by atoms with E-state index in [-0.39, 0.29) is 0 Å². The summed E-state index contributed by atoms with van der Waals surface area (Å²) in [7, 11) is 0. The second kappa shape index (κ2) is 8.43. The van der Waals surface area contributed by atoms with E-state index in [1.165, 1.54) is 6.42 Å². The maximum absolute atomic E-state index is 9.00. The zero-order valence-corrected chi connectivity index (χ0v) is 6.92. The molecule has 0 saturated carbocycles. The third-order valence-corrected chi connectivity index (χ3v) is 0.744. The predicted molar refractivity (Wildman–Crippen MR) is 41.9 cm³/mol. The van der Waals surface area contributed by atoms with Gasteiger partial charge in [0.1, 0.15) is 0 Å². The van der Waals surface area contributed by atoms with Crippen molar-refractivity contribution in [2.75, 3.05) is 0 Å². The lowest BCUT2D eigenvalue weighted by Crippen LogP contribution is -2.13. The molecule has 1 unspecified atom stereocenters. The second-order valence-corrected chi connectivity index (χ2v) is 2.28. The van der Waals surface area contributed by atoms with Crippen molar-refractivity contribution in [3.8, 4) is 0 Å². The van der Waals surface area contributed by atoms with E-state index in [1.54, 1.807) is 0 Å². The largest absolute Gasteiger partial charge is 0.481 e. The van der Waals surface area contributed by atoms with Crippen molar-refractivity contribution in [2.45, 2.75) is 39.7 Å². The normalized spacial score (nSPS) is 11.2. The zero-order chi connectivity index (χ0) is 8.57. The average Bonchev–Trinajstić information content (AvgIpc) is 1.62. The second-order valence-electron chi connectivity index (χ2n) is 2.28. The number of carboxylic acid groups (broad SMARTS) is 1. The highest BCUT2D eigenvalue weighted by Crippen LogP contribution is 1.88. The molecule has 0 aliphatic rings. The molecule has 0 saturated heterocycles. The molecule has 0 aromatic carbocycles. The number of hydrogen-bond acceptors (Lipinski definition) is 2. The molecule has 0 aliphatic heterocycles. The van der Waals surface area contributed by atoms with Crippen LogP contribution in [0.1, 0.15) is 33.6 Å². The lowest BCUT2D eigenvalue weighted by molar-refractivity contribution is -0.134. The first-order valence-electron chi connectivity index (χ1n) is 3.45. The van der Waals surface area contributed by atoms with Crippen LogP contribution >= 0.6 is 0 Å². The molecule has 0 fully saturated rings. The van der Waals surface area contributed by atoms with Crippen LogP contribution in [0.2, 0.25) is 0 Å². The lowest BCUT2D eigenvalue weighted by atomic mass is 10.2. The quantitative estimate of drug-likeness (QED) is 0.617. The number of rotatable bonds is 2. The molecule has 0 aliphatic carbocycles. The summed E-state index contributed by atoms with van der Waals surface area (Å²) in [4.78, 5) is 9.00. The highest BCUT2D eigenvalue weighted by molar-refractivity contribution is 5.62. The monoisotopic (exact) mass is 147 g/mol. The van der Waals surface area contributed by atoms with E-state index < -0.39 is 5.97 Å². The van der Waals surface area contributed by atoms with Crippen molar-refractivity contribution < 1.29 is 9.90 Å². The molecule has 0 aromatic heterocycles. The maximum Gasteiger partial charge on any atom is 0.300 e. The van der Waals surface area contributed by atoms with Crippen molar-refractivity contribution in [3.05, 3.63) is 0 Å². The Balaban J connectivity index is 0. The van der Waals surface area contributed by atoms with E-state index in [0.29, 0.717) is 6.04 Å². The van der Waals surface area contributed by atoms with E-state index in [1.807, 2.05) is 6.92 Å². The Labute approximate surface area is 62.2 Å². The minimum atomic E-state index is -0.833. The van der Waals surface area contributed by atoms with Gasteiger partial charge in [-0.1, -0.05) is 13.3 Å². The molecule has 0 heterocycles. The first-order valence-corrected chi connectivity index (χ1v) is 3.45.